The van der Waals surface area contributed by atoms with Crippen LogP contribution in [-0.2, 0) is 4.74 Å². The van der Waals surface area contributed by atoms with Crippen LogP contribution in [0.25, 0.3) is 0 Å². The monoisotopic (exact) mass is 295 g/mol. The Hall–Kier alpha value is -1.78. The molecule has 0 saturated carbocycles. The van der Waals surface area contributed by atoms with Crippen LogP contribution in [0.1, 0.15) is 35.0 Å². The molecule has 108 valence electrons. The molecule has 20 heavy (non-hydrogen) atoms. The Kier molecular flexibility index (Phi) is 3.88. The summed E-state index contributed by atoms with van der Waals surface area (Å²) in [5.74, 6) is -0.535. The molecule has 2 rings (SSSR count). The predicted molar refractivity (Wildman–Crippen MR) is 76.9 cm³/mol. The fourth-order valence-corrected chi connectivity index (χ4v) is 3.29. The summed E-state index contributed by atoms with van der Waals surface area (Å²) in [4.78, 5) is 14.2. The summed E-state index contributed by atoms with van der Waals surface area (Å²) in [7, 11) is 1.29. The number of hydrogen-bond donors (Lipinski definition) is 2. The Bertz CT molecular complexity index is 564. The number of nitriles is 1. The van der Waals surface area contributed by atoms with Gasteiger partial charge in [-0.05, 0) is 19.8 Å². The summed E-state index contributed by atoms with van der Waals surface area (Å²) in [6.45, 7) is 3.03. The topological polar surface area (TPSA) is 99.6 Å². The first-order valence-electron chi connectivity index (χ1n) is 6.27. The SMILES string of the molecule is COC(=O)c1c(N2CCC(C)(O)CC2)sc(C#N)c1N. The molecule has 1 aromatic heterocycles. The first-order chi connectivity index (χ1) is 9.39. The van der Waals surface area contributed by atoms with E-state index in [0.29, 0.717) is 35.8 Å². The zero-order valence-corrected chi connectivity index (χ0v) is 12.3. The van der Waals surface area contributed by atoms with Gasteiger partial charge in [0, 0.05) is 13.1 Å². The molecule has 0 atom stereocenters. The van der Waals surface area contributed by atoms with E-state index in [2.05, 4.69) is 0 Å². The third kappa shape index (κ3) is 2.57. The number of hydrogen-bond acceptors (Lipinski definition) is 7. The lowest BCUT2D eigenvalue weighted by Gasteiger charge is -2.36. The number of piperidine rings is 1. The fourth-order valence-electron chi connectivity index (χ4n) is 2.23. The zero-order chi connectivity index (χ0) is 14.9. The standard InChI is InChI=1S/C13H17N3O3S/c1-13(18)3-5-16(6-4-13)11-9(12(17)19-2)10(15)8(7-14)20-11/h18H,3-6,15H2,1-2H3. The molecule has 1 fully saturated rings. The van der Waals surface area contributed by atoms with E-state index in [1.807, 2.05) is 11.0 Å². The predicted octanol–water partition coefficient (Wildman–Crippen LogP) is 1.34. The molecule has 7 heteroatoms. The average molecular weight is 295 g/mol. The van der Waals surface area contributed by atoms with Gasteiger partial charge in [0.1, 0.15) is 21.5 Å². The maximum Gasteiger partial charge on any atom is 0.343 e. The van der Waals surface area contributed by atoms with Gasteiger partial charge in [-0.2, -0.15) is 5.26 Å². The number of nitrogens with two attached hydrogens (primary N) is 1. The maximum atomic E-state index is 11.9. The van der Waals surface area contributed by atoms with Gasteiger partial charge in [-0.15, -0.1) is 11.3 Å². The number of methoxy groups -OCH3 is 1. The number of aliphatic hydroxyl groups is 1. The Morgan fingerprint density at radius 1 is 1.55 bits per heavy atom. The van der Waals surface area contributed by atoms with Crippen LogP contribution in [-0.4, -0.2) is 36.9 Å². The summed E-state index contributed by atoms with van der Waals surface area (Å²) < 4.78 is 4.75. The van der Waals surface area contributed by atoms with Crippen molar-refractivity contribution in [3.05, 3.63) is 10.4 Å². The van der Waals surface area contributed by atoms with E-state index in [0.717, 1.165) is 0 Å². The van der Waals surface area contributed by atoms with Crippen LogP contribution in [0.5, 0.6) is 0 Å². The molecule has 0 aromatic carbocycles. The van der Waals surface area contributed by atoms with Crippen molar-refractivity contribution in [2.24, 2.45) is 0 Å². The van der Waals surface area contributed by atoms with Gasteiger partial charge in [0.15, 0.2) is 0 Å². The van der Waals surface area contributed by atoms with Crippen molar-refractivity contribution in [3.63, 3.8) is 0 Å². The number of thiophene rings is 1. The van der Waals surface area contributed by atoms with Crippen molar-refractivity contribution in [1.29, 1.82) is 5.26 Å². The Labute approximate surface area is 121 Å². The van der Waals surface area contributed by atoms with Gasteiger partial charge in [0.05, 0.1) is 18.4 Å². The third-order valence-electron chi connectivity index (χ3n) is 3.55. The highest BCUT2D eigenvalue weighted by molar-refractivity contribution is 7.17. The van der Waals surface area contributed by atoms with Gasteiger partial charge >= 0.3 is 5.97 Å². The van der Waals surface area contributed by atoms with Crippen molar-refractivity contribution in [1.82, 2.24) is 0 Å². The van der Waals surface area contributed by atoms with Crippen LogP contribution in [0, 0.1) is 11.3 Å². The minimum atomic E-state index is -0.678. The molecule has 6 nitrogen and oxygen atoms in total. The molecule has 3 N–H and O–H groups in total. The normalized spacial score (nSPS) is 17.6. The number of carbonyl (C=O) groups is 1. The largest absolute Gasteiger partial charge is 0.465 e. The molecule has 1 aromatic rings. The van der Waals surface area contributed by atoms with Crippen LogP contribution in [0.2, 0.25) is 0 Å². The number of nitrogens with zero attached hydrogens (tertiary/aromatic N) is 2. The molecule has 2 heterocycles. The Balaban J connectivity index is 2.37. The van der Waals surface area contributed by atoms with Crippen LogP contribution in [0.3, 0.4) is 0 Å². The van der Waals surface area contributed by atoms with E-state index in [9.17, 15) is 9.90 Å². The van der Waals surface area contributed by atoms with Crippen molar-refractivity contribution >= 4 is 28.0 Å². The van der Waals surface area contributed by atoms with E-state index in [1.165, 1.54) is 18.4 Å². The number of rotatable bonds is 2. The second kappa shape index (κ2) is 5.31. The highest BCUT2D eigenvalue weighted by atomic mass is 32.1. The van der Waals surface area contributed by atoms with Crippen molar-refractivity contribution in [2.75, 3.05) is 30.8 Å². The number of carbonyl (C=O) groups excluding carboxylic acids is 1. The smallest absolute Gasteiger partial charge is 0.343 e. The molecule has 1 aliphatic rings. The molecular formula is C13H17N3O3S. The molecule has 0 spiro atoms. The van der Waals surface area contributed by atoms with Crippen LogP contribution < -0.4 is 10.6 Å². The van der Waals surface area contributed by atoms with E-state index < -0.39 is 11.6 Å². The van der Waals surface area contributed by atoms with E-state index in [1.54, 1.807) is 6.92 Å². The van der Waals surface area contributed by atoms with E-state index >= 15 is 0 Å². The highest BCUT2D eigenvalue weighted by Crippen LogP contribution is 2.40. The lowest BCUT2D eigenvalue weighted by atomic mass is 9.94. The van der Waals surface area contributed by atoms with Crippen molar-refractivity contribution < 1.29 is 14.6 Å². The second-order valence-corrected chi connectivity index (χ2v) is 6.11. The summed E-state index contributed by atoms with van der Waals surface area (Å²) in [6.07, 6.45) is 1.21. The first-order valence-corrected chi connectivity index (χ1v) is 7.09. The van der Waals surface area contributed by atoms with Crippen LogP contribution in [0.4, 0.5) is 10.7 Å². The quantitative estimate of drug-likeness (QED) is 0.799. The maximum absolute atomic E-state index is 11.9. The van der Waals surface area contributed by atoms with Gasteiger partial charge in [-0.25, -0.2) is 4.79 Å². The molecule has 0 radical (unpaired) electrons. The first kappa shape index (κ1) is 14.6. The number of esters is 1. The number of ether oxygens (including phenoxy) is 1. The minimum Gasteiger partial charge on any atom is -0.465 e. The highest BCUT2D eigenvalue weighted by Gasteiger charge is 2.32. The minimum absolute atomic E-state index is 0.177. The summed E-state index contributed by atoms with van der Waals surface area (Å²) in [5, 5.41) is 19.7. The van der Waals surface area contributed by atoms with Gasteiger partial charge in [0.2, 0.25) is 0 Å². The summed E-state index contributed by atoms with van der Waals surface area (Å²) >= 11 is 1.19. The molecule has 1 aliphatic heterocycles. The van der Waals surface area contributed by atoms with Gasteiger partial charge in [-0.3, -0.25) is 0 Å². The molecular weight excluding hydrogens is 278 g/mol. The number of nitrogen functional groups attached to an aromatic ring is 1. The van der Waals surface area contributed by atoms with Crippen molar-refractivity contribution in [3.8, 4) is 6.07 Å². The molecule has 0 unspecified atom stereocenters. The van der Waals surface area contributed by atoms with E-state index in [4.69, 9.17) is 15.7 Å². The fraction of sp³-hybridized carbons (Fsp3) is 0.538. The number of anilines is 2. The van der Waals surface area contributed by atoms with Gasteiger partial charge < -0.3 is 20.5 Å². The van der Waals surface area contributed by atoms with Crippen LogP contribution in [0.15, 0.2) is 0 Å². The summed E-state index contributed by atoms with van der Waals surface area (Å²) in [5.41, 5.74) is 5.62. The van der Waals surface area contributed by atoms with Gasteiger partial charge in [0.25, 0.3) is 0 Å². The van der Waals surface area contributed by atoms with E-state index in [-0.39, 0.29) is 11.3 Å². The Morgan fingerprint density at radius 2 is 2.15 bits per heavy atom. The van der Waals surface area contributed by atoms with Gasteiger partial charge in [-0.1, -0.05) is 0 Å². The molecule has 1 saturated heterocycles. The average Bonchev–Trinajstić information content (AvgIpc) is 2.75. The lowest BCUT2D eigenvalue weighted by molar-refractivity contribution is 0.0352. The van der Waals surface area contributed by atoms with Crippen LogP contribution >= 0.6 is 11.3 Å². The van der Waals surface area contributed by atoms with Crippen molar-refractivity contribution in [2.45, 2.75) is 25.4 Å². The Morgan fingerprint density at radius 3 is 2.65 bits per heavy atom. The zero-order valence-electron chi connectivity index (χ0n) is 11.5. The molecule has 0 amide bonds. The second-order valence-electron chi connectivity index (χ2n) is 5.11. The molecule has 0 bridgehead atoms. The summed E-state index contributed by atoms with van der Waals surface area (Å²) in [6, 6.07) is 2.00. The third-order valence-corrected chi connectivity index (χ3v) is 4.72. The lowest BCUT2D eigenvalue weighted by Crippen LogP contribution is -2.42. The molecule has 0 aliphatic carbocycles.